The summed E-state index contributed by atoms with van der Waals surface area (Å²) in [5.74, 6) is 1.04. The third kappa shape index (κ3) is 3.81. The maximum Gasteiger partial charge on any atom is 0.226 e. The highest BCUT2D eigenvalue weighted by Crippen LogP contribution is 2.28. The molecule has 0 aliphatic heterocycles. The molecule has 2 aromatic heterocycles. The Balaban J connectivity index is 1.41. The second-order valence-electron chi connectivity index (χ2n) is 7.81. The molecule has 6 aromatic rings. The van der Waals surface area contributed by atoms with Gasteiger partial charge in [-0.2, -0.15) is 9.97 Å². The van der Waals surface area contributed by atoms with E-state index >= 15 is 0 Å². The second-order valence-corrected chi connectivity index (χ2v) is 8.15. The first-order chi connectivity index (χ1) is 16.2. The van der Waals surface area contributed by atoms with Crippen molar-refractivity contribution in [1.82, 2.24) is 19.9 Å². The van der Waals surface area contributed by atoms with Gasteiger partial charge in [0, 0.05) is 22.7 Å². The average Bonchev–Trinajstić information content (AvgIpc) is 2.88. The van der Waals surface area contributed by atoms with E-state index in [9.17, 15) is 0 Å². The van der Waals surface area contributed by atoms with Crippen molar-refractivity contribution in [1.29, 1.82) is 0 Å². The summed E-state index contributed by atoms with van der Waals surface area (Å²) in [6, 6.07) is 32.9. The van der Waals surface area contributed by atoms with E-state index in [2.05, 4.69) is 69.5 Å². The first kappa shape index (κ1) is 19.5. The Morgan fingerprint density at radius 1 is 0.485 bits per heavy atom. The van der Waals surface area contributed by atoms with Crippen LogP contribution in [0.25, 0.3) is 55.6 Å². The van der Waals surface area contributed by atoms with Gasteiger partial charge in [-0.3, -0.25) is 4.98 Å². The predicted octanol–water partition coefficient (Wildman–Crippen LogP) is 7.23. The van der Waals surface area contributed by atoms with Crippen LogP contribution in [0.1, 0.15) is 0 Å². The molecule has 0 unspecified atom stereocenters. The van der Waals surface area contributed by atoms with Crippen LogP contribution in [0, 0.1) is 0 Å². The van der Waals surface area contributed by atoms with Crippen molar-refractivity contribution in [2.75, 3.05) is 0 Å². The van der Waals surface area contributed by atoms with E-state index in [1.54, 1.807) is 6.20 Å². The van der Waals surface area contributed by atoms with Gasteiger partial charge in [0.15, 0.2) is 11.6 Å². The standard InChI is InChI=1S/C28H17ClN4/c29-28-32-26(23-13-10-19-8-4-5-9-20(19)14-23)31-27(33-28)24-15-22-12-11-21(16-25(22)30-17-24)18-6-2-1-3-7-18/h1-17H. The number of benzene rings is 4. The Morgan fingerprint density at radius 3 is 2.00 bits per heavy atom. The fourth-order valence-electron chi connectivity index (χ4n) is 3.99. The number of hydrogen-bond acceptors (Lipinski definition) is 4. The minimum absolute atomic E-state index is 0.155. The zero-order valence-corrected chi connectivity index (χ0v) is 18.2. The first-order valence-electron chi connectivity index (χ1n) is 10.6. The summed E-state index contributed by atoms with van der Waals surface area (Å²) in [6.07, 6.45) is 1.78. The third-order valence-electron chi connectivity index (χ3n) is 5.67. The molecule has 0 fully saturated rings. The van der Waals surface area contributed by atoms with Crippen LogP contribution in [-0.4, -0.2) is 19.9 Å². The van der Waals surface area contributed by atoms with Crippen molar-refractivity contribution in [2.45, 2.75) is 0 Å². The predicted molar refractivity (Wildman–Crippen MR) is 134 cm³/mol. The van der Waals surface area contributed by atoms with Gasteiger partial charge in [0.2, 0.25) is 5.28 Å². The number of hydrogen-bond donors (Lipinski definition) is 0. The van der Waals surface area contributed by atoms with E-state index in [-0.39, 0.29) is 5.28 Å². The fourth-order valence-corrected chi connectivity index (χ4v) is 4.15. The number of nitrogens with zero attached hydrogens (tertiary/aromatic N) is 4. The maximum atomic E-state index is 6.29. The largest absolute Gasteiger partial charge is 0.255 e. The monoisotopic (exact) mass is 444 g/mol. The van der Waals surface area contributed by atoms with E-state index in [1.165, 1.54) is 0 Å². The zero-order chi connectivity index (χ0) is 22.2. The van der Waals surface area contributed by atoms with Gasteiger partial charge in [-0.25, -0.2) is 4.98 Å². The van der Waals surface area contributed by atoms with Gasteiger partial charge in [0.25, 0.3) is 0 Å². The van der Waals surface area contributed by atoms with Crippen LogP contribution in [0.4, 0.5) is 0 Å². The van der Waals surface area contributed by atoms with Crippen LogP contribution in [0.15, 0.2) is 103 Å². The minimum atomic E-state index is 0.155. The van der Waals surface area contributed by atoms with Crippen LogP contribution in [0.3, 0.4) is 0 Å². The smallest absolute Gasteiger partial charge is 0.226 e. The summed E-state index contributed by atoms with van der Waals surface area (Å²) >= 11 is 6.29. The lowest BCUT2D eigenvalue weighted by Gasteiger charge is -2.08. The van der Waals surface area contributed by atoms with Gasteiger partial charge in [-0.1, -0.05) is 78.9 Å². The minimum Gasteiger partial charge on any atom is -0.255 e. The van der Waals surface area contributed by atoms with Crippen LogP contribution < -0.4 is 0 Å². The Kier molecular flexibility index (Phi) is 4.78. The van der Waals surface area contributed by atoms with Crippen molar-refractivity contribution in [3.05, 3.63) is 109 Å². The molecule has 0 saturated heterocycles. The quantitative estimate of drug-likeness (QED) is 0.289. The third-order valence-corrected chi connectivity index (χ3v) is 5.83. The Bertz CT molecular complexity index is 1630. The molecule has 0 radical (unpaired) electrons. The summed E-state index contributed by atoms with van der Waals surface area (Å²) in [4.78, 5) is 18.1. The summed E-state index contributed by atoms with van der Waals surface area (Å²) in [7, 11) is 0. The molecule has 156 valence electrons. The van der Waals surface area contributed by atoms with Crippen LogP contribution in [-0.2, 0) is 0 Å². The number of fused-ring (bicyclic) bond motifs is 2. The number of halogens is 1. The highest BCUT2D eigenvalue weighted by atomic mass is 35.5. The molecule has 0 bridgehead atoms. The lowest BCUT2D eigenvalue weighted by molar-refractivity contribution is 1.06. The normalized spacial score (nSPS) is 11.2. The molecule has 0 aliphatic carbocycles. The van der Waals surface area contributed by atoms with E-state index in [4.69, 9.17) is 16.6 Å². The summed E-state index contributed by atoms with van der Waals surface area (Å²) in [5, 5.41) is 3.45. The van der Waals surface area contributed by atoms with E-state index in [0.717, 1.165) is 43.9 Å². The number of rotatable bonds is 3. The molecule has 0 spiro atoms. The van der Waals surface area contributed by atoms with E-state index in [0.29, 0.717) is 11.6 Å². The van der Waals surface area contributed by atoms with Crippen molar-refractivity contribution in [3.63, 3.8) is 0 Å². The van der Waals surface area contributed by atoms with Gasteiger partial charge in [0.1, 0.15) is 0 Å². The lowest BCUT2D eigenvalue weighted by Crippen LogP contribution is -1.98. The molecule has 33 heavy (non-hydrogen) atoms. The molecule has 0 atom stereocenters. The van der Waals surface area contributed by atoms with Crippen molar-refractivity contribution >= 4 is 33.3 Å². The van der Waals surface area contributed by atoms with Crippen LogP contribution in [0.5, 0.6) is 0 Å². The van der Waals surface area contributed by atoms with Crippen molar-refractivity contribution in [2.24, 2.45) is 0 Å². The lowest BCUT2D eigenvalue weighted by atomic mass is 10.0. The van der Waals surface area contributed by atoms with Gasteiger partial charge in [-0.05, 0) is 51.7 Å². The summed E-state index contributed by atoms with van der Waals surface area (Å²) in [6.45, 7) is 0. The highest BCUT2D eigenvalue weighted by Gasteiger charge is 2.11. The van der Waals surface area contributed by atoms with Crippen LogP contribution >= 0.6 is 11.6 Å². The zero-order valence-electron chi connectivity index (χ0n) is 17.5. The Labute approximate surface area is 195 Å². The van der Waals surface area contributed by atoms with Gasteiger partial charge >= 0.3 is 0 Å². The molecule has 6 rings (SSSR count). The van der Waals surface area contributed by atoms with Crippen molar-refractivity contribution < 1.29 is 0 Å². The fraction of sp³-hybridized carbons (Fsp3) is 0. The second kappa shape index (κ2) is 8.08. The molecular formula is C28H17ClN4. The van der Waals surface area contributed by atoms with Crippen LogP contribution in [0.2, 0.25) is 5.28 Å². The number of pyridine rings is 1. The van der Waals surface area contributed by atoms with Crippen molar-refractivity contribution in [3.8, 4) is 33.9 Å². The first-order valence-corrected chi connectivity index (χ1v) is 11.0. The number of aromatic nitrogens is 4. The molecule has 2 heterocycles. The summed E-state index contributed by atoms with van der Waals surface area (Å²) in [5.41, 5.74) is 4.89. The average molecular weight is 445 g/mol. The SMILES string of the molecule is Clc1nc(-c2ccc3ccccc3c2)nc(-c2cnc3cc(-c4ccccc4)ccc3c2)n1. The van der Waals surface area contributed by atoms with Gasteiger partial charge in [-0.15, -0.1) is 0 Å². The van der Waals surface area contributed by atoms with E-state index in [1.807, 2.05) is 42.5 Å². The summed E-state index contributed by atoms with van der Waals surface area (Å²) < 4.78 is 0. The Hall–Kier alpha value is -4.15. The highest BCUT2D eigenvalue weighted by molar-refractivity contribution is 6.28. The molecular weight excluding hydrogens is 428 g/mol. The van der Waals surface area contributed by atoms with Gasteiger partial charge in [0.05, 0.1) is 5.52 Å². The molecule has 0 amide bonds. The molecule has 0 N–H and O–H groups in total. The molecule has 5 heteroatoms. The Morgan fingerprint density at radius 2 is 1.15 bits per heavy atom. The molecule has 0 aliphatic rings. The molecule has 4 aromatic carbocycles. The van der Waals surface area contributed by atoms with E-state index < -0.39 is 0 Å². The van der Waals surface area contributed by atoms with Gasteiger partial charge < -0.3 is 0 Å². The molecule has 4 nitrogen and oxygen atoms in total. The molecule has 0 saturated carbocycles. The maximum absolute atomic E-state index is 6.29. The topological polar surface area (TPSA) is 51.6 Å².